The van der Waals surface area contributed by atoms with E-state index in [0.717, 1.165) is 22.3 Å². The number of benzene rings is 3. The molecule has 0 aliphatic heterocycles. The molecule has 3 heteroatoms. The fourth-order valence-corrected chi connectivity index (χ4v) is 2.67. The van der Waals surface area contributed by atoms with E-state index in [1.165, 1.54) is 0 Å². The highest BCUT2D eigenvalue weighted by atomic mass is 16.5. The highest BCUT2D eigenvalue weighted by Crippen LogP contribution is 2.29. The Morgan fingerprint density at radius 2 is 1.62 bits per heavy atom. The minimum Gasteiger partial charge on any atom is -0.489 e. The zero-order chi connectivity index (χ0) is 16.9. The minimum atomic E-state index is -0.460. The van der Waals surface area contributed by atoms with Crippen molar-refractivity contribution in [2.45, 2.75) is 13.5 Å². The number of primary amides is 1. The van der Waals surface area contributed by atoms with Crippen LogP contribution in [-0.2, 0) is 6.61 Å². The molecule has 0 radical (unpaired) electrons. The number of hydrogen-bond donors (Lipinski definition) is 1. The maximum Gasteiger partial charge on any atom is 0.249 e. The van der Waals surface area contributed by atoms with Gasteiger partial charge in [0.1, 0.15) is 12.4 Å². The first-order valence-electron chi connectivity index (χ1n) is 7.82. The fourth-order valence-electron chi connectivity index (χ4n) is 2.67. The molecule has 0 unspecified atom stereocenters. The SMILES string of the molecule is Cc1ccccc1-c1ccc(OCc2ccccc2)cc1C(N)=O. The first-order valence-corrected chi connectivity index (χ1v) is 7.82. The van der Waals surface area contributed by atoms with Gasteiger partial charge >= 0.3 is 0 Å². The van der Waals surface area contributed by atoms with Crippen LogP contribution < -0.4 is 10.5 Å². The molecular weight excluding hydrogens is 298 g/mol. The minimum absolute atomic E-state index is 0.447. The summed E-state index contributed by atoms with van der Waals surface area (Å²) in [6, 6.07) is 23.3. The molecule has 3 rings (SSSR count). The molecule has 3 aromatic carbocycles. The van der Waals surface area contributed by atoms with Crippen molar-refractivity contribution in [3.05, 3.63) is 89.5 Å². The van der Waals surface area contributed by atoms with Crippen LogP contribution in [0.15, 0.2) is 72.8 Å². The van der Waals surface area contributed by atoms with Crippen LogP contribution in [0.5, 0.6) is 5.75 Å². The van der Waals surface area contributed by atoms with Gasteiger partial charge in [0, 0.05) is 0 Å². The largest absolute Gasteiger partial charge is 0.489 e. The predicted molar refractivity (Wildman–Crippen MR) is 95.9 cm³/mol. The molecule has 0 heterocycles. The zero-order valence-electron chi connectivity index (χ0n) is 13.5. The van der Waals surface area contributed by atoms with Gasteiger partial charge in [0.2, 0.25) is 5.91 Å². The standard InChI is InChI=1S/C21H19NO2/c1-15-7-5-6-10-18(15)19-12-11-17(13-20(19)21(22)23)24-14-16-8-3-2-4-9-16/h2-13H,14H2,1H3,(H2,22,23). The van der Waals surface area contributed by atoms with Gasteiger partial charge in [-0.3, -0.25) is 4.79 Å². The molecule has 0 aliphatic rings. The van der Waals surface area contributed by atoms with Crippen molar-refractivity contribution < 1.29 is 9.53 Å². The Hall–Kier alpha value is -3.07. The van der Waals surface area contributed by atoms with E-state index in [1.807, 2.05) is 73.7 Å². The number of rotatable bonds is 5. The Kier molecular flexibility index (Phi) is 4.62. The van der Waals surface area contributed by atoms with Crippen LogP contribution in [0.2, 0.25) is 0 Å². The normalized spacial score (nSPS) is 10.4. The van der Waals surface area contributed by atoms with E-state index in [1.54, 1.807) is 6.07 Å². The molecule has 0 saturated carbocycles. The lowest BCUT2D eigenvalue weighted by Crippen LogP contribution is -2.13. The average molecular weight is 317 g/mol. The first kappa shape index (κ1) is 15.8. The van der Waals surface area contributed by atoms with Crippen LogP contribution >= 0.6 is 0 Å². The highest BCUT2D eigenvalue weighted by Gasteiger charge is 2.13. The Bertz CT molecular complexity index is 857. The van der Waals surface area contributed by atoms with Crippen molar-refractivity contribution in [1.29, 1.82) is 0 Å². The molecule has 0 saturated heterocycles. The second kappa shape index (κ2) is 7.01. The van der Waals surface area contributed by atoms with E-state index in [-0.39, 0.29) is 0 Å². The Balaban J connectivity index is 1.90. The summed E-state index contributed by atoms with van der Waals surface area (Å²) in [7, 11) is 0. The van der Waals surface area contributed by atoms with Crippen LogP contribution in [0, 0.1) is 6.92 Å². The molecule has 0 aromatic heterocycles. The van der Waals surface area contributed by atoms with Crippen LogP contribution in [0.4, 0.5) is 0 Å². The summed E-state index contributed by atoms with van der Waals surface area (Å²) < 4.78 is 5.80. The lowest BCUT2D eigenvalue weighted by atomic mass is 9.95. The molecule has 0 fully saturated rings. The third-order valence-electron chi connectivity index (χ3n) is 3.94. The smallest absolute Gasteiger partial charge is 0.249 e. The summed E-state index contributed by atoms with van der Waals surface area (Å²) >= 11 is 0. The molecule has 120 valence electrons. The monoisotopic (exact) mass is 317 g/mol. The van der Waals surface area contributed by atoms with Gasteiger partial charge < -0.3 is 10.5 Å². The second-order valence-electron chi connectivity index (χ2n) is 5.66. The topological polar surface area (TPSA) is 52.3 Å². The highest BCUT2D eigenvalue weighted by molar-refractivity contribution is 6.00. The maximum absolute atomic E-state index is 11.9. The number of nitrogens with two attached hydrogens (primary N) is 1. The van der Waals surface area contributed by atoms with Crippen LogP contribution in [-0.4, -0.2) is 5.91 Å². The number of amides is 1. The van der Waals surface area contributed by atoms with Crippen molar-refractivity contribution in [3.8, 4) is 16.9 Å². The van der Waals surface area contributed by atoms with Gasteiger partial charge in [-0.25, -0.2) is 0 Å². The molecule has 3 nitrogen and oxygen atoms in total. The number of carbonyl (C=O) groups is 1. The first-order chi connectivity index (χ1) is 11.6. The van der Waals surface area contributed by atoms with E-state index in [9.17, 15) is 4.79 Å². The van der Waals surface area contributed by atoms with E-state index < -0.39 is 5.91 Å². The molecule has 0 spiro atoms. The van der Waals surface area contributed by atoms with E-state index >= 15 is 0 Å². The molecule has 0 bridgehead atoms. The number of aryl methyl sites for hydroxylation is 1. The Labute approximate surface area is 141 Å². The molecule has 3 aromatic rings. The summed E-state index contributed by atoms with van der Waals surface area (Å²) in [5.74, 6) is 0.170. The molecule has 0 aliphatic carbocycles. The molecule has 0 atom stereocenters. The zero-order valence-corrected chi connectivity index (χ0v) is 13.5. The van der Waals surface area contributed by atoms with Gasteiger partial charge in [-0.2, -0.15) is 0 Å². The van der Waals surface area contributed by atoms with Crippen LogP contribution in [0.1, 0.15) is 21.5 Å². The Morgan fingerprint density at radius 1 is 0.917 bits per heavy atom. The molecule has 24 heavy (non-hydrogen) atoms. The third kappa shape index (κ3) is 3.46. The van der Waals surface area contributed by atoms with Gasteiger partial charge in [0.25, 0.3) is 0 Å². The average Bonchev–Trinajstić information content (AvgIpc) is 2.61. The lowest BCUT2D eigenvalue weighted by Gasteiger charge is -2.13. The van der Waals surface area contributed by atoms with Gasteiger partial charge in [0.15, 0.2) is 0 Å². The summed E-state index contributed by atoms with van der Waals surface area (Å²) in [4.78, 5) is 11.9. The fraction of sp³-hybridized carbons (Fsp3) is 0.0952. The van der Waals surface area contributed by atoms with Gasteiger partial charge in [0.05, 0.1) is 5.56 Å². The summed E-state index contributed by atoms with van der Waals surface area (Å²) in [6.07, 6.45) is 0. The van der Waals surface area contributed by atoms with Gasteiger partial charge in [-0.1, -0.05) is 54.6 Å². The third-order valence-corrected chi connectivity index (χ3v) is 3.94. The van der Waals surface area contributed by atoms with Crippen molar-refractivity contribution in [2.75, 3.05) is 0 Å². The molecule has 2 N–H and O–H groups in total. The van der Waals surface area contributed by atoms with E-state index in [0.29, 0.717) is 17.9 Å². The number of hydrogen-bond acceptors (Lipinski definition) is 2. The van der Waals surface area contributed by atoms with Crippen molar-refractivity contribution >= 4 is 5.91 Å². The Morgan fingerprint density at radius 3 is 2.33 bits per heavy atom. The summed E-state index contributed by atoms with van der Waals surface area (Å²) in [5, 5.41) is 0. The van der Waals surface area contributed by atoms with Gasteiger partial charge in [-0.15, -0.1) is 0 Å². The predicted octanol–water partition coefficient (Wildman–Crippen LogP) is 4.34. The van der Waals surface area contributed by atoms with Gasteiger partial charge in [-0.05, 0) is 47.4 Å². The van der Waals surface area contributed by atoms with Crippen LogP contribution in [0.25, 0.3) is 11.1 Å². The van der Waals surface area contributed by atoms with Crippen LogP contribution in [0.3, 0.4) is 0 Å². The lowest BCUT2D eigenvalue weighted by molar-refractivity contribution is 0.100. The second-order valence-corrected chi connectivity index (χ2v) is 5.66. The summed E-state index contributed by atoms with van der Waals surface area (Å²) in [6.45, 7) is 2.46. The van der Waals surface area contributed by atoms with Crippen molar-refractivity contribution in [2.24, 2.45) is 5.73 Å². The summed E-state index contributed by atoms with van der Waals surface area (Å²) in [5.41, 5.74) is 10.0. The van der Waals surface area contributed by atoms with Crippen molar-refractivity contribution in [1.82, 2.24) is 0 Å². The van der Waals surface area contributed by atoms with E-state index in [2.05, 4.69) is 0 Å². The number of carbonyl (C=O) groups excluding carboxylic acids is 1. The quantitative estimate of drug-likeness (QED) is 0.761. The van der Waals surface area contributed by atoms with Crippen molar-refractivity contribution in [3.63, 3.8) is 0 Å². The molecule has 1 amide bonds. The number of ether oxygens (including phenoxy) is 1. The maximum atomic E-state index is 11.9. The molecular formula is C21H19NO2. The van der Waals surface area contributed by atoms with E-state index in [4.69, 9.17) is 10.5 Å².